The molecule has 0 heterocycles. The van der Waals surface area contributed by atoms with Gasteiger partial charge in [0.1, 0.15) is 5.60 Å². The third kappa shape index (κ3) is 1.74. The molecule has 0 aliphatic heterocycles. The lowest BCUT2D eigenvalue weighted by molar-refractivity contribution is -0.166. The first-order valence-corrected chi connectivity index (χ1v) is 8.63. The van der Waals surface area contributed by atoms with Gasteiger partial charge in [-0.1, -0.05) is 26.0 Å². The lowest BCUT2D eigenvalue weighted by Gasteiger charge is -2.43. The molecule has 116 valence electrons. The summed E-state index contributed by atoms with van der Waals surface area (Å²) < 4.78 is 5.75. The Morgan fingerprint density at radius 2 is 2.00 bits per heavy atom. The van der Waals surface area contributed by atoms with Crippen LogP contribution in [0.25, 0.3) is 0 Å². The summed E-state index contributed by atoms with van der Waals surface area (Å²) >= 11 is 0. The second kappa shape index (κ2) is 3.94. The second-order valence-corrected chi connectivity index (χ2v) is 9.32. The van der Waals surface area contributed by atoms with E-state index in [2.05, 4.69) is 26.0 Å². The van der Waals surface area contributed by atoms with E-state index in [1.54, 1.807) is 0 Å². The van der Waals surface area contributed by atoms with Gasteiger partial charge in [0, 0.05) is 0 Å². The average molecular weight is 288 g/mol. The molecule has 2 heteroatoms. The first kappa shape index (κ1) is 13.8. The quantitative estimate of drug-likeness (QED) is 0.413. The first-order chi connectivity index (χ1) is 9.71. The summed E-state index contributed by atoms with van der Waals surface area (Å²) in [5.41, 5.74) is -0.00826. The molecule has 0 amide bonds. The van der Waals surface area contributed by atoms with Gasteiger partial charge in [-0.25, -0.2) is 0 Å². The van der Waals surface area contributed by atoms with Gasteiger partial charge in [-0.15, -0.1) is 0 Å². The second-order valence-electron chi connectivity index (χ2n) is 9.32. The van der Waals surface area contributed by atoms with Crippen molar-refractivity contribution in [1.29, 1.82) is 0 Å². The monoisotopic (exact) mass is 288 g/mol. The molecule has 8 atom stereocenters. The van der Waals surface area contributed by atoms with Gasteiger partial charge in [-0.3, -0.25) is 4.79 Å². The minimum Gasteiger partial charge on any atom is -0.460 e. The van der Waals surface area contributed by atoms with Crippen molar-refractivity contribution in [2.45, 2.75) is 53.1 Å². The highest BCUT2D eigenvalue weighted by Crippen LogP contribution is 2.72. The van der Waals surface area contributed by atoms with Crippen LogP contribution in [0.15, 0.2) is 12.2 Å². The Hall–Kier alpha value is -0.790. The lowest BCUT2D eigenvalue weighted by atomic mass is 9.62. The molecule has 2 nitrogen and oxygen atoms in total. The van der Waals surface area contributed by atoms with E-state index in [1.165, 1.54) is 12.8 Å². The maximum atomic E-state index is 12.7. The molecule has 0 radical (unpaired) electrons. The van der Waals surface area contributed by atoms with Crippen molar-refractivity contribution in [2.24, 2.45) is 46.8 Å². The first-order valence-electron chi connectivity index (χ1n) is 8.63. The summed E-state index contributed by atoms with van der Waals surface area (Å²) in [6.07, 6.45) is 7.50. The molecule has 4 aliphatic carbocycles. The molecule has 0 aromatic heterocycles. The van der Waals surface area contributed by atoms with Crippen molar-refractivity contribution in [3.05, 3.63) is 12.2 Å². The average Bonchev–Trinajstić information content (AvgIpc) is 3.01. The zero-order valence-electron chi connectivity index (χ0n) is 13.9. The Labute approximate surface area is 128 Å². The molecule has 0 aromatic carbocycles. The summed E-state index contributed by atoms with van der Waals surface area (Å²) in [5.74, 6) is 4.37. The van der Waals surface area contributed by atoms with Crippen LogP contribution in [0.5, 0.6) is 0 Å². The number of hydrogen-bond acceptors (Lipinski definition) is 2. The zero-order chi connectivity index (χ0) is 15.2. The van der Waals surface area contributed by atoms with Crippen LogP contribution in [0.2, 0.25) is 0 Å². The van der Waals surface area contributed by atoms with Crippen LogP contribution in [0.4, 0.5) is 0 Å². The fourth-order valence-corrected chi connectivity index (χ4v) is 6.53. The van der Waals surface area contributed by atoms with Crippen LogP contribution in [0, 0.1) is 46.8 Å². The third-order valence-electron chi connectivity index (χ3n) is 6.95. The van der Waals surface area contributed by atoms with Crippen molar-refractivity contribution in [3.8, 4) is 0 Å². The minimum absolute atomic E-state index is 0.0660. The van der Waals surface area contributed by atoms with E-state index in [9.17, 15) is 4.79 Å². The van der Waals surface area contributed by atoms with Gasteiger partial charge in [0.25, 0.3) is 0 Å². The molecule has 8 unspecified atom stereocenters. The highest BCUT2D eigenvalue weighted by molar-refractivity contribution is 5.74. The predicted molar refractivity (Wildman–Crippen MR) is 82.4 cm³/mol. The van der Waals surface area contributed by atoms with E-state index in [1.807, 2.05) is 20.8 Å². The van der Waals surface area contributed by atoms with Crippen LogP contribution in [-0.4, -0.2) is 11.6 Å². The number of hydrogen-bond donors (Lipinski definition) is 0. The number of fused-ring (bicyclic) bond motifs is 9. The molecule has 4 rings (SSSR count). The molecule has 0 N–H and O–H groups in total. The van der Waals surface area contributed by atoms with Crippen LogP contribution >= 0.6 is 0 Å². The number of carbonyl (C=O) groups excluding carboxylic acids is 1. The van der Waals surface area contributed by atoms with Crippen molar-refractivity contribution < 1.29 is 9.53 Å². The highest BCUT2D eigenvalue weighted by atomic mass is 16.6. The molecule has 0 spiro atoms. The van der Waals surface area contributed by atoms with Crippen LogP contribution in [0.3, 0.4) is 0 Å². The Bertz CT molecular complexity index is 514. The summed E-state index contributed by atoms with van der Waals surface area (Å²) in [6, 6.07) is 0. The molecular weight excluding hydrogens is 260 g/mol. The van der Waals surface area contributed by atoms with Gasteiger partial charge >= 0.3 is 5.97 Å². The van der Waals surface area contributed by atoms with Crippen LogP contribution in [-0.2, 0) is 9.53 Å². The van der Waals surface area contributed by atoms with Crippen LogP contribution in [0.1, 0.15) is 47.5 Å². The summed E-state index contributed by atoms with van der Waals surface area (Å²) in [7, 11) is 0. The third-order valence-corrected chi connectivity index (χ3v) is 6.95. The standard InChI is InChI=1S/C19H28O2/c1-10-12-8-13(14(10)17(20)21-18(2,3)4)16-15(12)11-6-7-19(16,5)9-11/h6-7,10-16H,8-9H2,1-5H3. The van der Waals surface area contributed by atoms with Gasteiger partial charge in [0.15, 0.2) is 0 Å². The Balaban J connectivity index is 1.63. The molecule has 0 aromatic rings. The van der Waals surface area contributed by atoms with Crippen molar-refractivity contribution in [3.63, 3.8) is 0 Å². The summed E-state index contributed by atoms with van der Waals surface area (Å²) in [4.78, 5) is 12.7. The number of allylic oxidation sites excluding steroid dienone is 2. The van der Waals surface area contributed by atoms with Crippen LogP contribution < -0.4 is 0 Å². The topological polar surface area (TPSA) is 26.3 Å². The Kier molecular flexibility index (Phi) is 2.60. The fourth-order valence-electron chi connectivity index (χ4n) is 6.53. The van der Waals surface area contributed by atoms with Crippen molar-refractivity contribution >= 4 is 5.97 Å². The SMILES string of the molecule is CC1C2CC(C1C(=O)OC(C)(C)C)C1C2C2C=CC1(C)C2. The maximum absolute atomic E-state index is 12.7. The number of esters is 1. The number of ether oxygens (including phenoxy) is 1. The molecule has 4 bridgehead atoms. The van der Waals surface area contributed by atoms with Gasteiger partial charge in [-0.2, -0.15) is 0 Å². The molecule has 0 saturated heterocycles. The van der Waals surface area contributed by atoms with E-state index < -0.39 is 0 Å². The lowest BCUT2D eigenvalue weighted by Crippen LogP contribution is -2.43. The zero-order valence-corrected chi connectivity index (χ0v) is 13.9. The van der Waals surface area contributed by atoms with E-state index in [0.29, 0.717) is 17.3 Å². The molecule has 3 saturated carbocycles. The van der Waals surface area contributed by atoms with Gasteiger partial charge in [0.05, 0.1) is 5.92 Å². The summed E-state index contributed by atoms with van der Waals surface area (Å²) in [5, 5.41) is 0. The highest BCUT2D eigenvalue weighted by Gasteiger charge is 2.68. The van der Waals surface area contributed by atoms with E-state index in [4.69, 9.17) is 4.74 Å². The Morgan fingerprint density at radius 3 is 2.67 bits per heavy atom. The molecule has 4 aliphatic rings. The predicted octanol–water partition coefficient (Wildman–Crippen LogP) is 4.06. The molecule has 3 fully saturated rings. The minimum atomic E-state index is -0.365. The fraction of sp³-hybridized carbons (Fsp3) is 0.842. The Morgan fingerprint density at radius 1 is 1.29 bits per heavy atom. The van der Waals surface area contributed by atoms with Gasteiger partial charge in [0.2, 0.25) is 0 Å². The molecular formula is C19H28O2. The number of rotatable bonds is 1. The van der Waals surface area contributed by atoms with Gasteiger partial charge < -0.3 is 4.74 Å². The molecule has 21 heavy (non-hydrogen) atoms. The van der Waals surface area contributed by atoms with E-state index in [0.717, 1.165) is 23.7 Å². The van der Waals surface area contributed by atoms with Crippen molar-refractivity contribution in [2.75, 3.05) is 0 Å². The largest absolute Gasteiger partial charge is 0.460 e. The number of carbonyl (C=O) groups is 1. The van der Waals surface area contributed by atoms with Crippen molar-refractivity contribution in [1.82, 2.24) is 0 Å². The maximum Gasteiger partial charge on any atom is 0.310 e. The smallest absolute Gasteiger partial charge is 0.310 e. The van der Waals surface area contributed by atoms with E-state index in [-0.39, 0.29) is 17.5 Å². The summed E-state index contributed by atoms with van der Waals surface area (Å²) in [6.45, 7) is 10.7. The van der Waals surface area contributed by atoms with Gasteiger partial charge in [-0.05, 0) is 74.5 Å². The normalized spacial score (nSPS) is 53.3. The van der Waals surface area contributed by atoms with E-state index >= 15 is 0 Å².